The maximum absolute atomic E-state index is 11.9. The molecular formula is C16H21N3O2. The van der Waals surface area contributed by atoms with Crippen molar-refractivity contribution in [1.29, 1.82) is 0 Å². The molecule has 2 amide bonds. The normalized spacial score (nSPS) is 11.2. The summed E-state index contributed by atoms with van der Waals surface area (Å²) in [4.78, 5) is 11.9. The molecule has 5 nitrogen and oxygen atoms in total. The molecule has 0 atom stereocenters. The maximum atomic E-state index is 11.9. The topological polar surface area (TPSA) is 67.2 Å². The number of carbonyl (C=O) groups is 1. The van der Waals surface area contributed by atoms with Gasteiger partial charge in [0.25, 0.3) is 0 Å². The van der Waals surface area contributed by atoms with E-state index in [0.29, 0.717) is 5.82 Å². The largest absolute Gasteiger partial charge is 0.359 e. The minimum Gasteiger partial charge on any atom is -0.359 e. The highest BCUT2D eigenvalue weighted by Crippen LogP contribution is 2.24. The van der Waals surface area contributed by atoms with Gasteiger partial charge >= 0.3 is 6.03 Å². The van der Waals surface area contributed by atoms with Crippen LogP contribution >= 0.6 is 0 Å². The molecule has 5 heteroatoms. The maximum Gasteiger partial charge on any atom is 0.324 e. The van der Waals surface area contributed by atoms with Crippen molar-refractivity contribution in [1.82, 2.24) is 5.16 Å². The molecule has 0 bridgehead atoms. The fourth-order valence-corrected chi connectivity index (χ4v) is 1.79. The molecule has 2 aromatic rings. The average molecular weight is 287 g/mol. The lowest BCUT2D eigenvalue weighted by atomic mass is 9.93. The predicted octanol–water partition coefficient (Wildman–Crippen LogP) is 4.18. The van der Waals surface area contributed by atoms with Crippen LogP contribution < -0.4 is 10.6 Å². The molecule has 0 saturated carbocycles. The summed E-state index contributed by atoms with van der Waals surface area (Å²) in [5.74, 6) is 1.13. The van der Waals surface area contributed by atoms with Gasteiger partial charge in [0.05, 0.1) is 0 Å². The molecule has 0 aliphatic heterocycles. The fourth-order valence-electron chi connectivity index (χ4n) is 1.79. The Morgan fingerprint density at radius 1 is 1.19 bits per heavy atom. The van der Waals surface area contributed by atoms with Crippen LogP contribution in [0.2, 0.25) is 0 Å². The first kappa shape index (κ1) is 15.1. The number of nitrogens with one attached hydrogen (secondary N) is 2. The smallest absolute Gasteiger partial charge is 0.324 e. The van der Waals surface area contributed by atoms with Gasteiger partial charge in [0.1, 0.15) is 5.76 Å². The summed E-state index contributed by atoms with van der Waals surface area (Å²) in [5, 5.41) is 9.26. The fraction of sp³-hybridized carbons (Fsp3) is 0.375. The lowest BCUT2D eigenvalue weighted by Crippen LogP contribution is -2.19. The van der Waals surface area contributed by atoms with Crippen molar-refractivity contribution < 1.29 is 9.32 Å². The van der Waals surface area contributed by atoms with Crippen LogP contribution in [0.3, 0.4) is 0 Å². The molecule has 1 heterocycles. The number of anilines is 2. The van der Waals surface area contributed by atoms with Crippen molar-refractivity contribution in [3.8, 4) is 0 Å². The predicted molar refractivity (Wildman–Crippen MR) is 83.7 cm³/mol. The number of hydrogen-bond acceptors (Lipinski definition) is 3. The van der Waals surface area contributed by atoms with Gasteiger partial charge in [-0.25, -0.2) is 4.79 Å². The van der Waals surface area contributed by atoms with E-state index in [0.717, 1.165) is 17.9 Å². The van der Waals surface area contributed by atoms with E-state index in [1.165, 1.54) is 5.56 Å². The van der Waals surface area contributed by atoms with Crippen LogP contribution in [0.5, 0.6) is 0 Å². The van der Waals surface area contributed by atoms with E-state index in [4.69, 9.17) is 4.52 Å². The van der Waals surface area contributed by atoms with Crippen molar-refractivity contribution in [2.24, 2.45) is 0 Å². The Hall–Kier alpha value is -2.30. The second-order valence-corrected chi connectivity index (χ2v) is 5.96. The molecule has 2 N–H and O–H groups in total. The number of hydrogen-bond donors (Lipinski definition) is 2. The van der Waals surface area contributed by atoms with E-state index < -0.39 is 0 Å². The summed E-state index contributed by atoms with van der Waals surface area (Å²) >= 11 is 0. The van der Waals surface area contributed by atoms with Crippen LogP contribution in [0.1, 0.15) is 39.0 Å². The summed E-state index contributed by atoms with van der Waals surface area (Å²) in [6, 6.07) is 9.13. The number of urea groups is 1. The molecular weight excluding hydrogens is 266 g/mol. The lowest BCUT2D eigenvalue weighted by Gasteiger charge is -2.12. The Labute approximate surface area is 124 Å². The lowest BCUT2D eigenvalue weighted by molar-refractivity contribution is 0.262. The zero-order valence-electron chi connectivity index (χ0n) is 12.9. The highest BCUT2D eigenvalue weighted by molar-refractivity contribution is 5.99. The third kappa shape index (κ3) is 4.08. The van der Waals surface area contributed by atoms with E-state index in [-0.39, 0.29) is 11.4 Å². The van der Waals surface area contributed by atoms with Gasteiger partial charge in [-0.15, -0.1) is 0 Å². The van der Waals surface area contributed by atoms with E-state index in [9.17, 15) is 4.79 Å². The number of amides is 2. The van der Waals surface area contributed by atoms with Crippen LogP contribution in [-0.2, 0) is 11.8 Å². The first-order chi connectivity index (χ1) is 9.88. The van der Waals surface area contributed by atoms with Crippen molar-refractivity contribution in [3.05, 3.63) is 41.7 Å². The first-order valence-corrected chi connectivity index (χ1v) is 7.02. The molecule has 0 spiro atoms. The van der Waals surface area contributed by atoms with E-state index >= 15 is 0 Å². The minimum atomic E-state index is -0.340. The standard InChI is InChI=1S/C16H21N3O2/c1-5-11-6-8-12(9-7-11)17-15(20)18-14-10-13(21-19-14)16(2,3)4/h6-10H,5H2,1-4H3,(H2,17,18,19,20). The van der Waals surface area contributed by atoms with Gasteiger partial charge in [-0.3, -0.25) is 5.32 Å². The van der Waals surface area contributed by atoms with Gasteiger partial charge in [-0.1, -0.05) is 45.0 Å². The zero-order valence-corrected chi connectivity index (χ0v) is 12.9. The molecule has 21 heavy (non-hydrogen) atoms. The summed E-state index contributed by atoms with van der Waals surface area (Å²) in [6.07, 6.45) is 0.973. The Morgan fingerprint density at radius 2 is 1.86 bits per heavy atom. The molecule has 2 rings (SSSR count). The second kappa shape index (κ2) is 5.99. The van der Waals surface area contributed by atoms with Crippen molar-refractivity contribution in [3.63, 3.8) is 0 Å². The van der Waals surface area contributed by atoms with Crippen LogP contribution in [0.4, 0.5) is 16.3 Å². The quantitative estimate of drug-likeness (QED) is 0.890. The number of nitrogens with zero attached hydrogens (tertiary/aromatic N) is 1. The average Bonchev–Trinajstić information content (AvgIpc) is 2.88. The number of carbonyl (C=O) groups excluding carboxylic acids is 1. The number of benzene rings is 1. The molecule has 0 aliphatic carbocycles. The van der Waals surface area contributed by atoms with Gasteiger partial charge < -0.3 is 9.84 Å². The molecule has 112 valence electrons. The van der Waals surface area contributed by atoms with Gasteiger partial charge in [0.15, 0.2) is 5.82 Å². The van der Waals surface area contributed by atoms with E-state index in [2.05, 4.69) is 22.7 Å². The van der Waals surface area contributed by atoms with Crippen LogP contribution in [0.15, 0.2) is 34.9 Å². The number of rotatable bonds is 3. The SMILES string of the molecule is CCc1ccc(NC(=O)Nc2cc(C(C)(C)C)on2)cc1. The van der Waals surface area contributed by atoms with Crippen LogP contribution in [0, 0.1) is 0 Å². The van der Waals surface area contributed by atoms with Crippen LogP contribution in [0.25, 0.3) is 0 Å². The highest BCUT2D eigenvalue weighted by atomic mass is 16.5. The summed E-state index contributed by atoms with van der Waals surface area (Å²) in [5.41, 5.74) is 1.83. The highest BCUT2D eigenvalue weighted by Gasteiger charge is 2.20. The van der Waals surface area contributed by atoms with E-state index in [1.807, 2.05) is 45.0 Å². The van der Waals surface area contributed by atoms with Crippen molar-refractivity contribution in [2.45, 2.75) is 39.5 Å². The van der Waals surface area contributed by atoms with Gasteiger partial charge in [-0.05, 0) is 24.1 Å². The van der Waals surface area contributed by atoms with E-state index in [1.54, 1.807) is 6.07 Å². The Balaban J connectivity index is 1.96. The Bertz CT molecular complexity index is 609. The van der Waals surface area contributed by atoms with Crippen LogP contribution in [-0.4, -0.2) is 11.2 Å². The zero-order chi connectivity index (χ0) is 15.5. The monoisotopic (exact) mass is 287 g/mol. The third-order valence-corrected chi connectivity index (χ3v) is 3.11. The minimum absolute atomic E-state index is 0.139. The first-order valence-electron chi connectivity index (χ1n) is 7.02. The summed E-state index contributed by atoms with van der Waals surface area (Å²) < 4.78 is 5.22. The molecule has 0 saturated heterocycles. The summed E-state index contributed by atoms with van der Waals surface area (Å²) in [6.45, 7) is 8.15. The molecule has 0 unspecified atom stereocenters. The molecule has 0 radical (unpaired) electrons. The molecule has 0 fully saturated rings. The summed E-state index contributed by atoms with van der Waals surface area (Å²) in [7, 11) is 0. The number of aromatic nitrogens is 1. The third-order valence-electron chi connectivity index (χ3n) is 3.11. The number of aryl methyl sites for hydroxylation is 1. The van der Waals surface area contributed by atoms with Crippen molar-refractivity contribution >= 4 is 17.5 Å². The molecule has 1 aromatic heterocycles. The van der Waals surface area contributed by atoms with Gasteiger partial charge in [0.2, 0.25) is 0 Å². The molecule has 1 aromatic carbocycles. The molecule has 0 aliphatic rings. The Morgan fingerprint density at radius 3 is 2.38 bits per heavy atom. The van der Waals surface area contributed by atoms with Gasteiger partial charge in [0, 0.05) is 17.2 Å². The van der Waals surface area contributed by atoms with Crippen molar-refractivity contribution in [2.75, 3.05) is 10.6 Å². The second-order valence-electron chi connectivity index (χ2n) is 5.96. The Kier molecular flexibility index (Phi) is 4.31. The van der Waals surface area contributed by atoms with Gasteiger partial charge in [-0.2, -0.15) is 0 Å².